The highest BCUT2D eigenvalue weighted by atomic mass is 16.6. The maximum absolute atomic E-state index is 14.5. The molecule has 41 heavy (non-hydrogen) atoms. The predicted octanol–water partition coefficient (Wildman–Crippen LogP) is 6.20. The van der Waals surface area contributed by atoms with E-state index in [4.69, 9.17) is 4.74 Å². The van der Waals surface area contributed by atoms with Gasteiger partial charge in [0, 0.05) is 24.1 Å². The Morgan fingerprint density at radius 2 is 1.59 bits per heavy atom. The number of aryl methyl sites for hydroxylation is 1. The summed E-state index contributed by atoms with van der Waals surface area (Å²) < 4.78 is 5.50. The van der Waals surface area contributed by atoms with Crippen LogP contribution < -0.4 is 10.6 Å². The van der Waals surface area contributed by atoms with Crippen LogP contribution in [0.5, 0.6) is 5.75 Å². The second kappa shape index (κ2) is 14.9. The molecule has 0 aliphatic rings. The first-order chi connectivity index (χ1) is 19.1. The number of nitrogens with zero attached hydrogens (tertiary/aromatic N) is 1. The van der Waals surface area contributed by atoms with Crippen LogP contribution in [0.3, 0.4) is 0 Å². The van der Waals surface area contributed by atoms with Gasteiger partial charge in [0.25, 0.3) is 0 Å². The Labute approximate surface area is 245 Å². The van der Waals surface area contributed by atoms with E-state index in [1.54, 1.807) is 45.9 Å². The molecule has 0 fully saturated rings. The number of hydrogen-bond acceptors (Lipinski definition) is 5. The Balaban J connectivity index is 2.62. The van der Waals surface area contributed by atoms with Crippen molar-refractivity contribution < 1.29 is 24.2 Å². The van der Waals surface area contributed by atoms with Gasteiger partial charge in [0.2, 0.25) is 11.8 Å². The van der Waals surface area contributed by atoms with Crippen LogP contribution in [0.2, 0.25) is 0 Å². The molecule has 0 radical (unpaired) electrons. The van der Waals surface area contributed by atoms with Crippen molar-refractivity contribution in [3.05, 3.63) is 65.2 Å². The zero-order chi connectivity index (χ0) is 30.8. The molecule has 0 saturated carbocycles. The minimum atomic E-state index is -1.11. The van der Waals surface area contributed by atoms with Gasteiger partial charge in [-0.2, -0.15) is 0 Å². The average molecular weight is 568 g/mol. The van der Waals surface area contributed by atoms with E-state index in [0.29, 0.717) is 17.5 Å². The number of carbonyl (C=O) groups excluding carboxylic acids is 3. The van der Waals surface area contributed by atoms with Crippen LogP contribution in [0.25, 0.3) is 0 Å². The lowest BCUT2D eigenvalue weighted by Gasteiger charge is -2.36. The summed E-state index contributed by atoms with van der Waals surface area (Å²) in [4.78, 5) is 42.8. The first-order valence-electron chi connectivity index (χ1n) is 14.6. The number of nitrogens with one attached hydrogen (secondary N) is 2. The number of ether oxygens (including phenoxy) is 1. The van der Waals surface area contributed by atoms with Gasteiger partial charge in [-0.1, -0.05) is 74.7 Å². The predicted molar refractivity (Wildman–Crippen MR) is 163 cm³/mol. The van der Waals surface area contributed by atoms with E-state index in [1.807, 2.05) is 51.1 Å². The van der Waals surface area contributed by atoms with E-state index in [2.05, 4.69) is 17.6 Å². The van der Waals surface area contributed by atoms with Gasteiger partial charge in [0.05, 0.1) is 0 Å². The number of carbonyl (C=O) groups is 3. The fourth-order valence-electron chi connectivity index (χ4n) is 4.57. The van der Waals surface area contributed by atoms with Gasteiger partial charge < -0.3 is 25.4 Å². The van der Waals surface area contributed by atoms with Crippen LogP contribution >= 0.6 is 0 Å². The second-order valence-corrected chi connectivity index (χ2v) is 12.6. The Morgan fingerprint density at radius 1 is 0.927 bits per heavy atom. The van der Waals surface area contributed by atoms with Gasteiger partial charge in [0.15, 0.2) is 0 Å². The topological polar surface area (TPSA) is 108 Å². The zero-order valence-electron chi connectivity index (χ0n) is 26.0. The summed E-state index contributed by atoms with van der Waals surface area (Å²) in [5.41, 5.74) is 0.451. The lowest BCUT2D eigenvalue weighted by atomic mass is 9.96. The van der Waals surface area contributed by atoms with E-state index >= 15 is 0 Å². The highest BCUT2D eigenvalue weighted by molar-refractivity contribution is 5.93. The quantitative estimate of drug-likeness (QED) is 0.265. The van der Waals surface area contributed by atoms with Crippen LogP contribution in [0, 0.1) is 6.92 Å². The molecule has 226 valence electrons. The van der Waals surface area contributed by atoms with Gasteiger partial charge in [-0.3, -0.25) is 9.59 Å². The highest BCUT2D eigenvalue weighted by Crippen LogP contribution is 2.33. The van der Waals surface area contributed by atoms with Crippen molar-refractivity contribution in [3.8, 4) is 5.75 Å². The molecule has 0 spiro atoms. The third-order valence-corrected chi connectivity index (χ3v) is 6.43. The summed E-state index contributed by atoms with van der Waals surface area (Å²) in [7, 11) is 0. The number of phenols is 1. The van der Waals surface area contributed by atoms with Crippen molar-refractivity contribution in [2.75, 3.05) is 6.54 Å². The maximum Gasteiger partial charge on any atom is 0.408 e. The molecule has 0 aliphatic heterocycles. The summed E-state index contributed by atoms with van der Waals surface area (Å²) in [5, 5.41) is 16.9. The molecule has 3 amide bonds. The normalized spacial score (nSPS) is 13.2. The number of para-hydroxylation sites is 1. The molecule has 0 bridgehead atoms. The van der Waals surface area contributed by atoms with Gasteiger partial charge in [-0.05, 0) is 66.0 Å². The Morgan fingerprint density at radius 3 is 2.17 bits per heavy atom. The molecule has 8 heteroatoms. The minimum Gasteiger partial charge on any atom is -0.507 e. The molecule has 3 N–H and O–H groups in total. The largest absolute Gasteiger partial charge is 0.507 e. The van der Waals surface area contributed by atoms with E-state index in [1.165, 1.54) is 4.90 Å². The third kappa shape index (κ3) is 11.1. The van der Waals surface area contributed by atoms with Crippen molar-refractivity contribution >= 4 is 17.9 Å². The van der Waals surface area contributed by atoms with E-state index in [9.17, 15) is 19.5 Å². The van der Waals surface area contributed by atoms with Gasteiger partial charge in [0.1, 0.15) is 23.4 Å². The Bertz CT molecular complexity index is 1150. The average Bonchev–Trinajstić information content (AvgIpc) is 2.85. The van der Waals surface area contributed by atoms with Crippen LogP contribution in [-0.2, 0) is 20.7 Å². The van der Waals surface area contributed by atoms with E-state index in [-0.39, 0.29) is 18.7 Å². The fraction of sp³-hybridized carbons (Fsp3) is 0.545. The number of unbranched alkanes of at least 4 members (excludes halogenated alkanes) is 3. The van der Waals surface area contributed by atoms with Crippen LogP contribution in [-0.4, -0.2) is 51.6 Å². The van der Waals surface area contributed by atoms with E-state index in [0.717, 1.165) is 24.8 Å². The van der Waals surface area contributed by atoms with Crippen molar-refractivity contribution in [1.82, 2.24) is 15.5 Å². The maximum atomic E-state index is 14.5. The molecule has 2 atom stereocenters. The molecule has 0 aromatic heterocycles. The summed E-state index contributed by atoms with van der Waals surface area (Å²) >= 11 is 0. The molecular weight excluding hydrogens is 518 g/mol. The van der Waals surface area contributed by atoms with Crippen molar-refractivity contribution in [1.29, 1.82) is 0 Å². The fourth-order valence-corrected chi connectivity index (χ4v) is 4.57. The first kappa shape index (κ1) is 33.7. The van der Waals surface area contributed by atoms with Crippen molar-refractivity contribution in [2.24, 2.45) is 0 Å². The number of hydrogen-bond donors (Lipinski definition) is 3. The summed E-state index contributed by atoms with van der Waals surface area (Å²) in [6.45, 7) is 15.0. The Hall–Kier alpha value is -3.55. The lowest BCUT2D eigenvalue weighted by Crippen LogP contribution is -2.55. The molecule has 2 rings (SSSR count). The number of amides is 3. The number of alkyl carbamates (subject to hydrolysis) is 1. The highest BCUT2D eigenvalue weighted by Gasteiger charge is 2.38. The standard InChI is InChI=1S/C33H49N3O5/c1-9-10-11-15-21-36(27(29(38)35-32(3,4)5)25-20-16-17-23(2)28(25)37)30(39)26(22-24-18-13-12-14-19-24)34-31(40)41-33(6,7)8/h12-14,16-20,26-27,37H,9-11,15,21-22H2,1-8H3,(H,34,40)(H,35,38). The van der Waals surface area contributed by atoms with Crippen LogP contribution in [0.1, 0.15) is 96.9 Å². The number of phenolic OH excluding ortho intramolecular Hbond substituents is 1. The van der Waals surface area contributed by atoms with Gasteiger partial charge in [-0.15, -0.1) is 0 Å². The van der Waals surface area contributed by atoms with Crippen LogP contribution in [0.4, 0.5) is 4.79 Å². The molecule has 0 aliphatic carbocycles. The zero-order valence-corrected chi connectivity index (χ0v) is 26.0. The number of benzene rings is 2. The minimum absolute atomic E-state index is 0.0346. The SMILES string of the molecule is CCCCCCN(C(=O)C(Cc1ccccc1)NC(=O)OC(C)(C)C)C(C(=O)NC(C)(C)C)c1cccc(C)c1O. The van der Waals surface area contributed by atoms with Crippen molar-refractivity contribution in [2.45, 2.75) is 111 Å². The third-order valence-electron chi connectivity index (χ3n) is 6.43. The number of aromatic hydroxyl groups is 1. The molecular formula is C33H49N3O5. The molecule has 2 aromatic carbocycles. The van der Waals surface area contributed by atoms with Gasteiger partial charge in [-0.25, -0.2) is 4.79 Å². The second-order valence-electron chi connectivity index (χ2n) is 12.6. The summed E-state index contributed by atoms with van der Waals surface area (Å²) in [6, 6.07) is 12.5. The molecule has 8 nitrogen and oxygen atoms in total. The summed E-state index contributed by atoms with van der Waals surface area (Å²) in [6.07, 6.45) is 3.02. The monoisotopic (exact) mass is 567 g/mol. The number of rotatable bonds is 12. The molecule has 0 heterocycles. The van der Waals surface area contributed by atoms with E-state index < -0.39 is 41.1 Å². The first-order valence-corrected chi connectivity index (χ1v) is 14.6. The van der Waals surface area contributed by atoms with Crippen LogP contribution in [0.15, 0.2) is 48.5 Å². The molecule has 0 saturated heterocycles. The lowest BCUT2D eigenvalue weighted by molar-refractivity contribution is -0.143. The molecule has 2 aromatic rings. The van der Waals surface area contributed by atoms with Crippen molar-refractivity contribution in [3.63, 3.8) is 0 Å². The van der Waals surface area contributed by atoms with Gasteiger partial charge >= 0.3 is 6.09 Å². The smallest absolute Gasteiger partial charge is 0.408 e. The Kier molecular flexibility index (Phi) is 12.2. The molecule has 2 unspecified atom stereocenters. The summed E-state index contributed by atoms with van der Waals surface area (Å²) in [5.74, 6) is -0.864.